The van der Waals surface area contributed by atoms with Gasteiger partial charge in [0.15, 0.2) is 0 Å². The molecule has 0 bridgehead atoms. The van der Waals surface area contributed by atoms with Crippen LogP contribution in [0.2, 0.25) is 0 Å². The van der Waals surface area contributed by atoms with Crippen molar-refractivity contribution in [1.29, 1.82) is 0 Å². The number of hydrogen-bond donors (Lipinski definition) is 1. The van der Waals surface area contributed by atoms with Crippen molar-refractivity contribution in [2.24, 2.45) is 0 Å². The Kier molecular flexibility index (Phi) is 5.72. The van der Waals surface area contributed by atoms with E-state index in [2.05, 4.69) is 26.3 Å². The molecule has 0 unspecified atom stereocenters. The minimum atomic E-state index is -0.437. The van der Waals surface area contributed by atoms with E-state index in [4.69, 9.17) is 0 Å². The van der Waals surface area contributed by atoms with E-state index in [0.717, 1.165) is 12.2 Å². The number of carbonyl (C=O) groups is 2. The summed E-state index contributed by atoms with van der Waals surface area (Å²) in [4.78, 5) is 37.9. The van der Waals surface area contributed by atoms with Crippen LogP contribution in [0, 0.1) is 0 Å². The average Bonchev–Trinajstić information content (AvgIpc) is 3.12. The van der Waals surface area contributed by atoms with Gasteiger partial charge in [0.1, 0.15) is 0 Å². The summed E-state index contributed by atoms with van der Waals surface area (Å²) < 4.78 is 0. The number of aromatic nitrogens is 2. The number of amides is 2. The quantitative estimate of drug-likeness (QED) is 0.829. The van der Waals surface area contributed by atoms with Crippen molar-refractivity contribution in [1.82, 2.24) is 25.1 Å². The van der Waals surface area contributed by atoms with Crippen LogP contribution in [0.5, 0.6) is 0 Å². The Bertz CT molecular complexity index is 707. The van der Waals surface area contributed by atoms with Gasteiger partial charge < -0.3 is 10.2 Å². The lowest BCUT2D eigenvalue weighted by Gasteiger charge is -2.35. The monoisotopic (exact) mass is 359 g/mol. The fourth-order valence-electron chi connectivity index (χ4n) is 2.84. The van der Waals surface area contributed by atoms with Crippen LogP contribution in [0.3, 0.4) is 0 Å². The van der Waals surface area contributed by atoms with Crippen LogP contribution >= 0.6 is 11.3 Å². The molecule has 1 aliphatic heterocycles. The zero-order chi connectivity index (χ0) is 17.6. The van der Waals surface area contributed by atoms with Gasteiger partial charge in [-0.3, -0.25) is 24.5 Å². The normalized spacial score (nSPS) is 18.0. The van der Waals surface area contributed by atoms with Gasteiger partial charge in [-0.2, -0.15) is 0 Å². The summed E-state index contributed by atoms with van der Waals surface area (Å²) in [6, 6.07) is 3.61. The lowest BCUT2D eigenvalue weighted by Crippen LogP contribution is -2.56. The van der Waals surface area contributed by atoms with Crippen LogP contribution in [-0.4, -0.2) is 57.8 Å². The number of nitrogens with one attached hydrogen (secondary N) is 1. The van der Waals surface area contributed by atoms with Crippen LogP contribution in [0.1, 0.15) is 17.0 Å². The van der Waals surface area contributed by atoms with Gasteiger partial charge in [-0.1, -0.05) is 6.07 Å². The lowest BCUT2D eigenvalue weighted by molar-refractivity contribution is -0.138. The lowest BCUT2D eigenvalue weighted by atomic mass is 10.1. The second-order valence-electron chi connectivity index (χ2n) is 6.01. The number of rotatable bonds is 6. The van der Waals surface area contributed by atoms with E-state index in [-0.39, 0.29) is 18.2 Å². The van der Waals surface area contributed by atoms with Gasteiger partial charge in [-0.25, -0.2) is 0 Å². The SMILES string of the molecule is CN(Cc1cnccn1)C(=O)C[C@@H]1C(=O)NCCN1Cc1cccs1. The van der Waals surface area contributed by atoms with Crippen LogP contribution in [0.4, 0.5) is 0 Å². The highest BCUT2D eigenvalue weighted by Gasteiger charge is 2.32. The highest BCUT2D eigenvalue weighted by molar-refractivity contribution is 7.09. The van der Waals surface area contributed by atoms with Gasteiger partial charge in [0.2, 0.25) is 11.8 Å². The number of hydrogen-bond acceptors (Lipinski definition) is 6. The molecule has 3 rings (SSSR count). The molecule has 1 aliphatic rings. The number of piperazine rings is 1. The van der Waals surface area contributed by atoms with Crippen molar-refractivity contribution < 1.29 is 9.59 Å². The Morgan fingerprint density at radius 2 is 2.36 bits per heavy atom. The van der Waals surface area contributed by atoms with Crippen molar-refractivity contribution in [2.75, 3.05) is 20.1 Å². The molecule has 3 heterocycles. The fourth-order valence-corrected chi connectivity index (χ4v) is 3.57. The first-order valence-electron chi connectivity index (χ1n) is 8.16. The standard InChI is InChI=1S/C17H21N5O2S/c1-21(11-13-10-18-4-5-19-13)16(23)9-15-17(24)20-6-7-22(15)12-14-3-2-8-25-14/h2-5,8,10,15H,6-7,9,11-12H2,1H3,(H,20,24)/t15-/m1/s1. The first-order chi connectivity index (χ1) is 12.1. The summed E-state index contributed by atoms with van der Waals surface area (Å²) in [5.41, 5.74) is 0.724. The van der Waals surface area contributed by atoms with Crippen molar-refractivity contribution >= 4 is 23.2 Å². The second-order valence-corrected chi connectivity index (χ2v) is 7.04. The fraction of sp³-hybridized carbons (Fsp3) is 0.412. The largest absolute Gasteiger partial charge is 0.353 e. The smallest absolute Gasteiger partial charge is 0.237 e. The third kappa shape index (κ3) is 4.61. The number of thiophene rings is 1. The Morgan fingerprint density at radius 1 is 1.48 bits per heavy atom. The van der Waals surface area contributed by atoms with Crippen molar-refractivity contribution in [3.8, 4) is 0 Å². The van der Waals surface area contributed by atoms with Crippen LogP contribution < -0.4 is 5.32 Å². The van der Waals surface area contributed by atoms with E-state index in [1.807, 2.05) is 11.4 Å². The maximum Gasteiger partial charge on any atom is 0.237 e. The first-order valence-corrected chi connectivity index (χ1v) is 9.04. The second kappa shape index (κ2) is 8.17. The van der Waals surface area contributed by atoms with Gasteiger partial charge in [0.05, 0.1) is 30.9 Å². The zero-order valence-corrected chi connectivity index (χ0v) is 14.9. The van der Waals surface area contributed by atoms with Gasteiger partial charge in [-0.05, 0) is 11.4 Å². The maximum atomic E-state index is 12.6. The molecule has 7 nitrogen and oxygen atoms in total. The molecular weight excluding hydrogens is 338 g/mol. The van der Waals surface area contributed by atoms with Crippen LogP contribution in [0.25, 0.3) is 0 Å². The Labute approximate surface area is 150 Å². The molecule has 8 heteroatoms. The Morgan fingerprint density at radius 3 is 3.08 bits per heavy atom. The summed E-state index contributed by atoms with van der Waals surface area (Å²) in [6.07, 6.45) is 5.00. The topological polar surface area (TPSA) is 78.4 Å². The average molecular weight is 359 g/mol. The van der Waals surface area contributed by atoms with E-state index in [1.165, 1.54) is 4.88 Å². The zero-order valence-electron chi connectivity index (χ0n) is 14.1. The third-order valence-corrected chi connectivity index (χ3v) is 5.05. The van der Waals surface area contributed by atoms with Gasteiger partial charge in [0, 0.05) is 44.0 Å². The minimum absolute atomic E-state index is 0.0796. The van der Waals surface area contributed by atoms with E-state index in [9.17, 15) is 9.59 Å². The molecule has 0 aliphatic carbocycles. The van der Waals surface area contributed by atoms with Crippen molar-refractivity contribution in [3.05, 3.63) is 46.7 Å². The molecule has 0 saturated carbocycles. The van der Waals surface area contributed by atoms with Crippen molar-refractivity contribution in [3.63, 3.8) is 0 Å². The first kappa shape index (κ1) is 17.5. The van der Waals surface area contributed by atoms with Gasteiger partial charge in [-0.15, -0.1) is 11.3 Å². The molecule has 25 heavy (non-hydrogen) atoms. The molecule has 0 spiro atoms. The number of nitrogens with zero attached hydrogens (tertiary/aromatic N) is 4. The molecule has 2 amide bonds. The summed E-state index contributed by atoms with van der Waals surface area (Å²) in [7, 11) is 1.72. The molecular formula is C17H21N5O2S. The summed E-state index contributed by atoms with van der Waals surface area (Å²) in [6.45, 7) is 2.43. The minimum Gasteiger partial charge on any atom is -0.353 e. The van der Waals surface area contributed by atoms with Gasteiger partial charge in [0.25, 0.3) is 0 Å². The van der Waals surface area contributed by atoms with E-state index >= 15 is 0 Å². The van der Waals surface area contributed by atoms with Crippen molar-refractivity contribution in [2.45, 2.75) is 25.6 Å². The van der Waals surface area contributed by atoms with Crippen LogP contribution in [-0.2, 0) is 22.7 Å². The molecule has 1 fully saturated rings. The molecule has 0 aromatic carbocycles. The maximum absolute atomic E-state index is 12.6. The Hall–Kier alpha value is -2.32. The summed E-state index contributed by atoms with van der Waals surface area (Å²) in [5.74, 6) is -0.159. The highest BCUT2D eigenvalue weighted by atomic mass is 32.1. The molecule has 1 N–H and O–H groups in total. The molecule has 1 saturated heterocycles. The van der Waals surface area contributed by atoms with Gasteiger partial charge >= 0.3 is 0 Å². The van der Waals surface area contributed by atoms with E-state index in [1.54, 1.807) is 41.9 Å². The van der Waals surface area contributed by atoms with E-state index in [0.29, 0.717) is 19.6 Å². The predicted molar refractivity (Wildman–Crippen MR) is 94.6 cm³/mol. The third-order valence-electron chi connectivity index (χ3n) is 4.19. The van der Waals surface area contributed by atoms with E-state index < -0.39 is 6.04 Å². The molecule has 0 radical (unpaired) electrons. The Balaban J connectivity index is 1.63. The molecule has 1 atom stereocenters. The summed E-state index contributed by atoms with van der Waals surface area (Å²) >= 11 is 1.66. The predicted octanol–water partition coefficient (Wildman–Crippen LogP) is 0.887. The molecule has 132 valence electrons. The van der Waals surface area contributed by atoms with Crippen LogP contribution in [0.15, 0.2) is 36.1 Å². The molecule has 2 aromatic rings. The number of carbonyl (C=O) groups excluding carboxylic acids is 2. The molecule has 2 aromatic heterocycles. The summed E-state index contributed by atoms with van der Waals surface area (Å²) in [5, 5.41) is 4.89. The highest BCUT2D eigenvalue weighted by Crippen LogP contribution is 2.18.